The van der Waals surface area contributed by atoms with E-state index < -0.39 is 6.29 Å². The van der Waals surface area contributed by atoms with Gasteiger partial charge in [-0.2, -0.15) is 0 Å². The summed E-state index contributed by atoms with van der Waals surface area (Å²) in [5.41, 5.74) is 0.698. The molecule has 0 amide bonds. The van der Waals surface area contributed by atoms with Gasteiger partial charge in [-0.05, 0) is 49.1 Å². The van der Waals surface area contributed by atoms with Gasteiger partial charge in [0.15, 0.2) is 17.8 Å². The molecule has 2 fully saturated rings. The lowest BCUT2D eigenvalue weighted by atomic mass is 9.76. The normalized spacial score (nSPS) is 33.0. The van der Waals surface area contributed by atoms with Gasteiger partial charge in [0.05, 0.1) is 19.3 Å². The molecule has 1 aromatic carbocycles. The highest BCUT2D eigenvalue weighted by molar-refractivity contribution is 5.40. The molecule has 5 nitrogen and oxygen atoms in total. The highest BCUT2D eigenvalue weighted by Crippen LogP contribution is 2.36. The Kier molecular flexibility index (Phi) is 5.87. The van der Waals surface area contributed by atoms with Crippen LogP contribution in [0.5, 0.6) is 11.5 Å². The van der Waals surface area contributed by atoms with E-state index in [1.54, 1.807) is 6.07 Å². The fraction of sp³-hybridized carbons (Fsp3) is 0.700. The van der Waals surface area contributed by atoms with Gasteiger partial charge in [0, 0.05) is 5.56 Å². The van der Waals surface area contributed by atoms with Gasteiger partial charge in [-0.3, -0.25) is 0 Å². The molecule has 1 aromatic rings. The Hall–Kier alpha value is -1.30. The summed E-state index contributed by atoms with van der Waals surface area (Å²) in [6, 6.07) is 4.61. The third-order valence-electron chi connectivity index (χ3n) is 5.62. The molecule has 1 aliphatic heterocycles. The first-order valence-electron chi connectivity index (χ1n) is 9.34. The minimum atomic E-state index is -0.521. The van der Waals surface area contributed by atoms with Gasteiger partial charge >= 0.3 is 0 Å². The van der Waals surface area contributed by atoms with Gasteiger partial charge in [-0.25, -0.2) is 0 Å². The van der Waals surface area contributed by atoms with Crippen molar-refractivity contribution in [3.63, 3.8) is 0 Å². The second kappa shape index (κ2) is 7.94. The molecule has 3 rings (SSSR count). The molecule has 2 N–H and O–H groups in total. The Labute approximate surface area is 149 Å². The fourth-order valence-electron chi connectivity index (χ4n) is 3.78. The number of phenolic OH excluding ortho intramolecular Hbond substituents is 2. The van der Waals surface area contributed by atoms with Gasteiger partial charge in [-0.15, -0.1) is 0 Å². The van der Waals surface area contributed by atoms with Crippen molar-refractivity contribution in [3.8, 4) is 11.5 Å². The molecule has 0 aromatic heterocycles. The zero-order valence-corrected chi connectivity index (χ0v) is 15.4. The molecule has 1 saturated heterocycles. The van der Waals surface area contributed by atoms with Crippen LogP contribution in [0.25, 0.3) is 0 Å². The average molecular weight is 350 g/mol. The summed E-state index contributed by atoms with van der Waals surface area (Å²) in [6.45, 7) is 7.86. The number of aromatic hydroxyl groups is 2. The smallest absolute Gasteiger partial charge is 0.184 e. The lowest BCUT2D eigenvalue weighted by Crippen LogP contribution is -2.34. The van der Waals surface area contributed by atoms with Crippen molar-refractivity contribution in [2.75, 3.05) is 13.2 Å². The average Bonchev–Trinajstić information content (AvgIpc) is 3.05. The van der Waals surface area contributed by atoms with E-state index in [1.807, 2.05) is 0 Å². The Morgan fingerprint density at radius 3 is 2.72 bits per heavy atom. The first kappa shape index (κ1) is 18.5. The molecular weight excluding hydrogens is 320 g/mol. The van der Waals surface area contributed by atoms with Gasteiger partial charge in [0.25, 0.3) is 0 Å². The van der Waals surface area contributed by atoms with Gasteiger partial charge < -0.3 is 24.4 Å². The largest absolute Gasteiger partial charge is 0.504 e. The third kappa shape index (κ3) is 4.46. The van der Waals surface area contributed by atoms with Crippen molar-refractivity contribution in [2.45, 2.75) is 58.5 Å². The van der Waals surface area contributed by atoms with Crippen LogP contribution in [0.4, 0.5) is 0 Å². The van der Waals surface area contributed by atoms with Crippen molar-refractivity contribution in [2.24, 2.45) is 17.8 Å². The van der Waals surface area contributed by atoms with Crippen LogP contribution in [0.1, 0.15) is 51.9 Å². The van der Waals surface area contributed by atoms with Crippen molar-refractivity contribution in [1.82, 2.24) is 0 Å². The highest BCUT2D eigenvalue weighted by Gasteiger charge is 2.33. The third-order valence-corrected chi connectivity index (χ3v) is 5.62. The standard InChI is InChI=1S/C20H30O5/c1-12(2)14-5-4-13(3)19(9-14)23-10-16-11-24-20(25-16)15-6-7-17(21)18(22)8-15/h6-8,12-14,16,19-22H,4-5,9-11H2,1-3H3. The Morgan fingerprint density at radius 1 is 1.20 bits per heavy atom. The molecule has 5 heteroatoms. The highest BCUT2D eigenvalue weighted by atomic mass is 16.7. The van der Waals surface area contributed by atoms with Crippen LogP contribution in [0.2, 0.25) is 0 Å². The van der Waals surface area contributed by atoms with Crippen LogP contribution in [0.15, 0.2) is 18.2 Å². The number of phenols is 2. The van der Waals surface area contributed by atoms with E-state index in [0.29, 0.717) is 36.7 Å². The molecule has 5 atom stereocenters. The van der Waals surface area contributed by atoms with Crippen molar-refractivity contribution < 1.29 is 24.4 Å². The number of ether oxygens (including phenoxy) is 3. The molecule has 1 heterocycles. The summed E-state index contributed by atoms with van der Waals surface area (Å²) in [4.78, 5) is 0. The topological polar surface area (TPSA) is 68.2 Å². The molecule has 5 unspecified atom stereocenters. The maximum absolute atomic E-state index is 9.61. The molecule has 2 aliphatic rings. The van der Waals surface area contributed by atoms with Crippen LogP contribution < -0.4 is 0 Å². The second-order valence-corrected chi connectivity index (χ2v) is 7.84. The van der Waals surface area contributed by atoms with E-state index in [-0.39, 0.29) is 17.6 Å². The molecule has 1 saturated carbocycles. The number of benzene rings is 1. The summed E-state index contributed by atoms with van der Waals surface area (Å²) < 4.78 is 17.8. The molecular formula is C20H30O5. The molecule has 0 radical (unpaired) electrons. The Morgan fingerprint density at radius 2 is 2.00 bits per heavy atom. The number of rotatable bonds is 5. The van der Waals surface area contributed by atoms with Crippen LogP contribution in [0.3, 0.4) is 0 Å². The van der Waals surface area contributed by atoms with Crippen LogP contribution in [-0.4, -0.2) is 35.6 Å². The van der Waals surface area contributed by atoms with E-state index in [4.69, 9.17) is 14.2 Å². The van der Waals surface area contributed by atoms with E-state index >= 15 is 0 Å². The number of hydrogen-bond donors (Lipinski definition) is 2. The summed E-state index contributed by atoms with van der Waals surface area (Å²) in [5, 5.41) is 19.0. The summed E-state index contributed by atoms with van der Waals surface area (Å²) in [6.07, 6.45) is 3.32. The quantitative estimate of drug-likeness (QED) is 0.786. The predicted octanol–water partition coefficient (Wildman–Crippen LogP) is 3.99. The zero-order valence-electron chi connectivity index (χ0n) is 15.4. The number of hydrogen-bond acceptors (Lipinski definition) is 5. The molecule has 1 aliphatic carbocycles. The lowest BCUT2D eigenvalue weighted by Gasteiger charge is -2.36. The molecule has 140 valence electrons. The van der Waals surface area contributed by atoms with Crippen molar-refractivity contribution in [1.29, 1.82) is 0 Å². The summed E-state index contributed by atoms with van der Waals surface area (Å²) in [7, 11) is 0. The minimum absolute atomic E-state index is 0.104. The van der Waals surface area contributed by atoms with E-state index in [2.05, 4.69) is 20.8 Å². The van der Waals surface area contributed by atoms with E-state index in [9.17, 15) is 10.2 Å². The maximum Gasteiger partial charge on any atom is 0.184 e. The zero-order chi connectivity index (χ0) is 18.0. The monoisotopic (exact) mass is 350 g/mol. The predicted molar refractivity (Wildman–Crippen MR) is 94.4 cm³/mol. The maximum atomic E-state index is 9.61. The van der Waals surface area contributed by atoms with Crippen LogP contribution in [-0.2, 0) is 14.2 Å². The lowest BCUT2D eigenvalue weighted by molar-refractivity contribution is -0.0956. The van der Waals surface area contributed by atoms with E-state index in [0.717, 1.165) is 12.3 Å². The first-order valence-corrected chi connectivity index (χ1v) is 9.34. The Bertz CT molecular complexity index is 573. The van der Waals surface area contributed by atoms with Gasteiger partial charge in [-0.1, -0.05) is 26.8 Å². The SMILES string of the molecule is CC(C)C1CCC(C)C(OCC2COC(c3ccc(O)c(O)c3)O2)C1. The van der Waals surface area contributed by atoms with E-state index in [1.165, 1.54) is 25.0 Å². The molecule has 25 heavy (non-hydrogen) atoms. The second-order valence-electron chi connectivity index (χ2n) is 7.84. The van der Waals surface area contributed by atoms with Gasteiger partial charge in [0.2, 0.25) is 0 Å². The minimum Gasteiger partial charge on any atom is -0.504 e. The summed E-state index contributed by atoms with van der Waals surface area (Å²) >= 11 is 0. The first-order chi connectivity index (χ1) is 11.9. The van der Waals surface area contributed by atoms with Crippen LogP contribution >= 0.6 is 0 Å². The molecule has 0 spiro atoms. The van der Waals surface area contributed by atoms with Crippen LogP contribution in [0, 0.1) is 17.8 Å². The molecule has 0 bridgehead atoms. The summed E-state index contributed by atoms with van der Waals surface area (Å²) in [5.74, 6) is 1.72. The fourth-order valence-corrected chi connectivity index (χ4v) is 3.78. The van der Waals surface area contributed by atoms with Gasteiger partial charge in [0.1, 0.15) is 6.10 Å². The van der Waals surface area contributed by atoms with Crippen molar-refractivity contribution in [3.05, 3.63) is 23.8 Å². The Balaban J connectivity index is 1.50. The van der Waals surface area contributed by atoms with Crippen molar-refractivity contribution >= 4 is 0 Å².